The number of hydrogen-bond acceptors (Lipinski definition) is 11. The van der Waals surface area contributed by atoms with Crippen molar-refractivity contribution >= 4 is 46.2 Å². The first-order chi connectivity index (χ1) is 32.3. The number of nitrogens with zero attached hydrogens (tertiary/aromatic N) is 8. The van der Waals surface area contributed by atoms with Gasteiger partial charge in [0.05, 0.1) is 29.3 Å². The highest BCUT2D eigenvalue weighted by molar-refractivity contribution is 6.06. The molecule has 2 aromatic carbocycles. The maximum Gasteiger partial charge on any atom is 0.293 e. The van der Waals surface area contributed by atoms with Gasteiger partial charge in [-0.2, -0.15) is 0 Å². The third-order valence-corrected chi connectivity index (χ3v) is 14.4. The van der Waals surface area contributed by atoms with E-state index in [9.17, 15) is 29.0 Å². The van der Waals surface area contributed by atoms with Crippen LogP contribution in [0.4, 0.5) is 38.8 Å². The number of carbonyl (C=O) groups excluding carboxylic acids is 2. The number of rotatable bonds is 11. The van der Waals surface area contributed by atoms with Crippen LogP contribution in [0.25, 0.3) is 11.3 Å². The summed E-state index contributed by atoms with van der Waals surface area (Å²) in [4.78, 5) is 58.8. The van der Waals surface area contributed by atoms with E-state index in [4.69, 9.17) is 4.98 Å². The average Bonchev–Trinajstić information content (AvgIpc) is 3.79. The van der Waals surface area contributed by atoms with Gasteiger partial charge in [0.25, 0.3) is 11.5 Å². The molecule has 1 unspecified atom stereocenters. The highest BCUT2D eigenvalue weighted by Crippen LogP contribution is 2.41. The van der Waals surface area contributed by atoms with E-state index in [1.165, 1.54) is 28.0 Å². The number of aryl methyl sites for hydroxylation is 1. The number of piperidine rings is 1. The van der Waals surface area contributed by atoms with Crippen molar-refractivity contribution in [2.45, 2.75) is 104 Å². The Bertz CT molecular complexity index is 2870. The smallest absolute Gasteiger partial charge is 0.293 e. The van der Waals surface area contributed by atoms with Crippen LogP contribution in [-0.4, -0.2) is 96.9 Å². The number of amides is 2. The Labute approximate surface area is 396 Å². The average molecular weight is 927 g/mol. The number of halogens is 1. The fourth-order valence-corrected chi connectivity index (χ4v) is 11.0. The number of carbonyl (C=O) groups is 2. The fourth-order valence-electron chi connectivity index (χ4n) is 11.0. The van der Waals surface area contributed by atoms with E-state index in [0.29, 0.717) is 70.9 Å². The van der Waals surface area contributed by atoms with Gasteiger partial charge in [-0.05, 0) is 119 Å². The van der Waals surface area contributed by atoms with E-state index in [1.54, 1.807) is 62.5 Å². The molecular formula is C52H63FN10O5. The van der Waals surface area contributed by atoms with Gasteiger partial charge in [-0.15, -0.1) is 0 Å². The second-order valence-corrected chi connectivity index (χ2v) is 20.4. The van der Waals surface area contributed by atoms with Gasteiger partial charge in [0.15, 0.2) is 5.82 Å². The van der Waals surface area contributed by atoms with E-state index >= 15 is 0 Å². The molecule has 3 aromatic heterocycles. The number of nitrogens with one attached hydrogen (secondary N) is 2. The Morgan fingerprint density at radius 3 is 2.51 bits per heavy atom. The lowest BCUT2D eigenvalue weighted by molar-refractivity contribution is -0.111. The first kappa shape index (κ1) is 46.7. The van der Waals surface area contributed by atoms with Crippen molar-refractivity contribution in [2.24, 2.45) is 12.5 Å². The molecule has 0 radical (unpaired) electrons. The summed E-state index contributed by atoms with van der Waals surface area (Å²) in [6.07, 6.45) is 8.14. The number of piperazine rings is 1. The predicted molar refractivity (Wildman–Crippen MR) is 264 cm³/mol. The van der Waals surface area contributed by atoms with Gasteiger partial charge in [-0.1, -0.05) is 20.4 Å². The summed E-state index contributed by atoms with van der Waals surface area (Å²) >= 11 is 0. The summed E-state index contributed by atoms with van der Waals surface area (Å²) in [6.45, 7) is 19.5. The standard InChI is InChI=1S/C52H63FN10O5/c1-9-46(65)56-41-24-34(10-13-43(41)61-19-18-59(28-32(61)3)35-15-17-60(31(2)22-35)36-11-12-40(53)39(25-36)52(6,7)68)55-47-50(67)58(8)29-42(57-47)37-14-16-54-48(38(37)30-64)63-21-20-62-44(49(63)66)23-33-26-51(4,5)27-45(33)62/h9-14,16,23-25,29,31-32,35,64,68H,1,15,17-22,26-28,30H2,2-8H3,(H,55,57)(H,56,65)/t31-,32-,35?/m0/s1. The molecule has 4 aliphatic rings. The van der Waals surface area contributed by atoms with Crippen molar-refractivity contribution in [1.29, 1.82) is 0 Å². The Hall–Kier alpha value is -6.36. The zero-order valence-corrected chi connectivity index (χ0v) is 40.1. The molecule has 0 saturated carbocycles. The number of fused-ring (bicyclic) bond motifs is 3. The molecule has 3 aliphatic heterocycles. The zero-order valence-electron chi connectivity index (χ0n) is 40.1. The summed E-state index contributed by atoms with van der Waals surface area (Å²) in [5.74, 6) is -0.570. The molecule has 68 heavy (non-hydrogen) atoms. The molecule has 4 N–H and O–H groups in total. The minimum absolute atomic E-state index is 0.0321. The van der Waals surface area contributed by atoms with Gasteiger partial charge in [-0.3, -0.25) is 24.2 Å². The normalized spacial score (nSPS) is 20.6. The van der Waals surface area contributed by atoms with Crippen LogP contribution in [0.2, 0.25) is 0 Å². The van der Waals surface area contributed by atoms with Crippen molar-refractivity contribution in [3.63, 3.8) is 0 Å². The van der Waals surface area contributed by atoms with E-state index in [1.807, 2.05) is 18.2 Å². The highest BCUT2D eigenvalue weighted by atomic mass is 19.1. The Morgan fingerprint density at radius 2 is 1.79 bits per heavy atom. The van der Waals surface area contributed by atoms with Crippen molar-refractivity contribution in [3.05, 3.63) is 118 Å². The van der Waals surface area contributed by atoms with E-state index in [2.05, 4.69) is 69.2 Å². The largest absolute Gasteiger partial charge is 0.392 e. The van der Waals surface area contributed by atoms with Crippen molar-refractivity contribution in [3.8, 4) is 11.3 Å². The van der Waals surface area contributed by atoms with Crippen LogP contribution in [0.5, 0.6) is 0 Å². The molecule has 9 rings (SSSR count). The number of hydrogen-bond donors (Lipinski definition) is 4. The monoisotopic (exact) mass is 926 g/mol. The molecule has 0 spiro atoms. The zero-order chi connectivity index (χ0) is 48.4. The summed E-state index contributed by atoms with van der Waals surface area (Å²) in [6, 6.07) is 15.0. The molecule has 5 aromatic rings. The third kappa shape index (κ3) is 8.80. The van der Waals surface area contributed by atoms with Crippen LogP contribution in [0.1, 0.15) is 87.3 Å². The van der Waals surface area contributed by atoms with Gasteiger partial charge in [0.2, 0.25) is 5.91 Å². The van der Waals surface area contributed by atoms with Gasteiger partial charge < -0.3 is 39.8 Å². The van der Waals surface area contributed by atoms with Crippen LogP contribution in [-0.2, 0) is 43.4 Å². The van der Waals surface area contributed by atoms with Crippen LogP contribution in [0.15, 0.2) is 78.4 Å². The lowest BCUT2D eigenvalue weighted by Crippen LogP contribution is -2.58. The summed E-state index contributed by atoms with van der Waals surface area (Å²) in [5.41, 5.74) is 6.01. The molecule has 0 bridgehead atoms. The molecular weight excluding hydrogens is 864 g/mol. The topological polar surface area (TPSA) is 164 Å². The SMILES string of the molecule is C=CC(=O)Nc1cc(Nc2nc(-c3ccnc(N4CCn5c(cc6c5CC(C)(C)C6)C4=O)c3CO)cn(C)c2=O)ccc1N1CCN(C2CCN(c3ccc(F)c(C(C)(C)O)c3)[C@@H](C)C2)C[C@@H]1C. The second kappa shape index (κ2) is 17.9. The molecule has 1 aliphatic carbocycles. The Balaban J connectivity index is 0.922. The van der Waals surface area contributed by atoms with E-state index in [0.717, 1.165) is 56.7 Å². The molecule has 3 atom stereocenters. The molecule has 358 valence electrons. The van der Waals surface area contributed by atoms with Crippen molar-refractivity contribution < 1.29 is 24.2 Å². The van der Waals surface area contributed by atoms with Crippen molar-refractivity contribution in [2.75, 3.05) is 58.1 Å². The van der Waals surface area contributed by atoms with Crippen molar-refractivity contribution in [1.82, 2.24) is 24.0 Å². The van der Waals surface area contributed by atoms with Gasteiger partial charge in [0.1, 0.15) is 17.3 Å². The fraction of sp³-hybridized carbons (Fsp3) is 0.442. The van der Waals surface area contributed by atoms with Crippen LogP contribution in [0.3, 0.4) is 0 Å². The number of aliphatic hydroxyl groups is 2. The Morgan fingerprint density at radius 1 is 1.00 bits per heavy atom. The quantitative estimate of drug-likeness (QED) is 0.104. The third-order valence-electron chi connectivity index (χ3n) is 14.4. The minimum atomic E-state index is -1.28. The number of anilines is 6. The molecule has 6 heterocycles. The summed E-state index contributed by atoms with van der Waals surface area (Å²) < 4.78 is 18.2. The van der Waals surface area contributed by atoms with Crippen LogP contribution in [0, 0.1) is 11.2 Å². The summed E-state index contributed by atoms with van der Waals surface area (Å²) in [5, 5.41) is 27.6. The van der Waals surface area contributed by atoms with Gasteiger partial charge >= 0.3 is 0 Å². The summed E-state index contributed by atoms with van der Waals surface area (Å²) in [7, 11) is 1.63. The minimum Gasteiger partial charge on any atom is -0.392 e. The highest BCUT2D eigenvalue weighted by Gasteiger charge is 2.39. The van der Waals surface area contributed by atoms with Gasteiger partial charge in [0, 0.05) is 111 Å². The number of aromatic nitrogens is 4. The molecule has 2 saturated heterocycles. The maximum absolute atomic E-state index is 14.6. The molecule has 2 fully saturated rings. The first-order valence-electron chi connectivity index (χ1n) is 23.7. The molecule has 15 nitrogen and oxygen atoms in total. The number of pyridine rings is 1. The number of benzene rings is 2. The second-order valence-electron chi connectivity index (χ2n) is 20.4. The first-order valence-corrected chi connectivity index (χ1v) is 23.7. The van der Waals surface area contributed by atoms with Crippen LogP contribution < -0.4 is 30.9 Å². The lowest BCUT2D eigenvalue weighted by Gasteiger charge is -2.48. The van der Waals surface area contributed by atoms with Gasteiger partial charge in [-0.25, -0.2) is 14.4 Å². The van der Waals surface area contributed by atoms with Crippen LogP contribution >= 0.6 is 0 Å². The maximum atomic E-state index is 14.6. The molecule has 16 heteroatoms. The van der Waals surface area contributed by atoms with E-state index < -0.39 is 18.0 Å². The lowest BCUT2D eigenvalue weighted by atomic mass is 9.90. The van der Waals surface area contributed by atoms with E-state index in [-0.39, 0.29) is 40.7 Å². The molecule has 2 amide bonds. The number of aliphatic hydroxyl groups excluding tert-OH is 1. The Kier molecular flexibility index (Phi) is 12.3. The predicted octanol–water partition coefficient (Wildman–Crippen LogP) is 6.72.